The van der Waals surface area contributed by atoms with Gasteiger partial charge >= 0.3 is 0 Å². The number of ether oxygens (including phenoxy) is 1. The molecule has 4 aliphatic rings. The Kier molecular flexibility index (Phi) is 8.43. The summed E-state index contributed by atoms with van der Waals surface area (Å²) in [7, 11) is 1.72. The van der Waals surface area contributed by atoms with Crippen LogP contribution in [0.25, 0.3) is 0 Å². The Balaban J connectivity index is 1.82. The van der Waals surface area contributed by atoms with Crippen molar-refractivity contribution in [2.24, 2.45) is 17.8 Å². The molecule has 8 heteroatoms. The van der Waals surface area contributed by atoms with Crippen LogP contribution in [0.2, 0.25) is 0 Å². The van der Waals surface area contributed by atoms with Crippen LogP contribution >= 0.6 is 0 Å². The molecule has 1 spiro atoms. The van der Waals surface area contributed by atoms with Crippen molar-refractivity contribution in [3.05, 3.63) is 25.3 Å². The van der Waals surface area contributed by atoms with E-state index in [1.165, 1.54) is 0 Å². The molecule has 3 amide bonds. The molecule has 0 aromatic heterocycles. The molecule has 3 aliphatic heterocycles. The van der Waals surface area contributed by atoms with Crippen molar-refractivity contribution in [1.82, 2.24) is 14.7 Å². The molecular formula is C30H47N3O5. The SMILES string of the molecule is C=CCN(C)C(=O)[C@H]1[C@H]2C(=O)N([C@@H](CO)[C@@H](C)CC)C(C(=O)N(CC=C)C3CCCCC3)C23CC[C@]1(C)O3. The molecule has 1 saturated carbocycles. The Labute approximate surface area is 228 Å². The summed E-state index contributed by atoms with van der Waals surface area (Å²) in [6.45, 7) is 14.2. The second-order valence-electron chi connectivity index (χ2n) is 12.2. The average Bonchev–Trinajstić information content (AvgIpc) is 3.48. The molecule has 38 heavy (non-hydrogen) atoms. The van der Waals surface area contributed by atoms with Gasteiger partial charge in [0.05, 0.1) is 30.1 Å². The van der Waals surface area contributed by atoms with E-state index < -0.39 is 35.1 Å². The van der Waals surface area contributed by atoms with Gasteiger partial charge < -0.3 is 24.5 Å². The fraction of sp³-hybridized carbons (Fsp3) is 0.767. The molecule has 7 atom stereocenters. The van der Waals surface area contributed by atoms with Crippen LogP contribution < -0.4 is 0 Å². The van der Waals surface area contributed by atoms with Crippen LogP contribution in [0.1, 0.15) is 72.1 Å². The van der Waals surface area contributed by atoms with Crippen molar-refractivity contribution in [2.45, 2.75) is 101 Å². The van der Waals surface area contributed by atoms with Crippen molar-refractivity contribution in [2.75, 3.05) is 26.7 Å². The zero-order valence-electron chi connectivity index (χ0n) is 23.7. The first kappa shape index (κ1) is 28.8. The number of aliphatic hydroxyl groups is 1. The lowest BCUT2D eigenvalue weighted by atomic mass is 9.66. The molecule has 8 nitrogen and oxygen atoms in total. The first-order chi connectivity index (χ1) is 18.1. The molecule has 0 aromatic carbocycles. The highest BCUT2D eigenvalue weighted by Crippen LogP contribution is 2.64. The number of aliphatic hydroxyl groups excluding tert-OH is 1. The van der Waals surface area contributed by atoms with E-state index in [1.807, 2.05) is 25.7 Å². The number of amides is 3. The summed E-state index contributed by atoms with van der Waals surface area (Å²) < 4.78 is 6.80. The Morgan fingerprint density at radius 3 is 2.39 bits per heavy atom. The zero-order valence-corrected chi connectivity index (χ0v) is 23.7. The topological polar surface area (TPSA) is 90.4 Å². The molecule has 1 aliphatic carbocycles. The standard InChI is InChI=1S/C30H47N3O5/c1-7-17-31(6)26(35)23-24-27(36)33(22(19-34)20(4)9-3)25(30(24)16-15-29(23,5)38-30)28(37)32(18-8-2)21-13-11-10-12-14-21/h7-8,20-25,34H,1-2,9-19H2,3-6H3/t20-,22-,23+,24-,25?,29-,30?/m0/s1. The van der Waals surface area contributed by atoms with E-state index in [1.54, 1.807) is 29.0 Å². The summed E-state index contributed by atoms with van der Waals surface area (Å²) in [5, 5.41) is 10.5. The van der Waals surface area contributed by atoms with Crippen LogP contribution in [0.4, 0.5) is 0 Å². The van der Waals surface area contributed by atoms with Gasteiger partial charge in [-0.05, 0) is 38.5 Å². The van der Waals surface area contributed by atoms with Gasteiger partial charge in [-0.3, -0.25) is 14.4 Å². The van der Waals surface area contributed by atoms with Gasteiger partial charge in [0.1, 0.15) is 11.6 Å². The maximum atomic E-state index is 14.7. The van der Waals surface area contributed by atoms with Gasteiger partial charge in [0.25, 0.3) is 0 Å². The Bertz CT molecular complexity index is 948. The molecular weight excluding hydrogens is 482 g/mol. The minimum absolute atomic E-state index is 0.0256. The van der Waals surface area contributed by atoms with E-state index >= 15 is 0 Å². The third-order valence-electron chi connectivity index (χ3n) is 9.96. The second-order valence-corrected chi connectivity index (χ2v) is 12.2. The quantitative estimate of drug-likeness (QED) is 0.416. The van der Waals surface area contributed by atoms with Crippen LogP contribution in [-0.4, -0.2) is 93.6 Å². The summed E-state index contributed by atoms with van der Waals surface area (Å²) in [6.07, 6.45) is 10.5. The van der Waals surface area contributed by atoms with Gasteiger partial charge in [-0.1, -0.05) is 51.7 Å². The molecule has 4 fully saturated rings. The fourth-order valence-electron chi connectivity index (χ4n) is 7.82. The number of nitrogens with zero attached hydrogens (tertiary/aromatic N) is 3. The first-order valence-corrected chi connectivity index (χ1v) is 14.5. The second kappa shape index (κ2) is 11.1. The summed E-state index contributed by atoms with van der Waals surface area (Å²) >= 11 is 0. The van der Waals surface area contributed by atoms with Gasteiger partial charge in [0.2, 0.25) is 17.7 Å². The number of carbonyl (C=O) groups is 3. The number of hydrogen-bond donors (Lipinski definition) is 1. The minimum Gasteiger partial charge on any atom is -0.394 e. The minimum atomic E-state index is -1.09. The number of carbonyl (C=O) groups excluding carboxylic acids is 3. The number of likely N-dealkylation sites (N-methyl/N-ethyl adjacent to an activating group) is 1. The summed E-state index contributed by atoms with van der Waals surface area (Å²) in [5.74, 6) is -2.00. The largest absolute Gasteiger partial charge is 0.394 e. The number of fused-ring (bicyclic) bond motifs is 1. The smallest absolute Gasteiger partial charge is 0.248 e. The molecule has 3 heterocycles. The molecule has 1 N–H and O–H groups in total. The molecule has 4 rings (SSSR count). The van der Waals surface area contributed by atoms with Crippen LogP contribution in [0.5, 0.6) is 0 Å². The van der Waals surface area contributed by atoms with Gasteiger partial charge in [-0.15, -0.1) is 13.2 Å². The van der Waals surface area contributed by atoms with E-state index in [0.29, 0.717) is 25.9 Å². The first-order valence-electron chi connectivity index (χ1n) is 14.5. The highest BCUT2D eigenvalue weighted by Gasteiger charge is 2.79. The third-order valence-corrected chi connectivity index (χ3v) is 9.96. The summed E-state index contributed by atoms with van der Waals surface area (Å²) in [6, 6.07) is -1.32. The lowest BCUT2D eigenvalue weighted by Gasteiger charge is -2.43. The highest BCUT2D eigenvalue weighted by molar-refractivity contribution is 5.99. The lowest BCUT2D eigenvalue weighted by molar-refractivity contribution is -0.159. The van der Waals surface area contributed by atoms with E-state index in [4.69, 9.17) is 4.74 Å². The Morgan fingerprint density at radius 1 is 1.16 bits per heavy atom. The van der Waals surface area contributed by atoms with Crippen LogP contribution in [0, 0.1) is 17.8 Å². The highest BCUT2D eigenvalue weighted by atomic mass is 16.5. The van der Waals surface area contributed by atoms with Crippen molar-refractivity contribution < 1.29 is 24.2 Å². The van der Waals surface area contributed by atoms with Gasteiger partial charge in [0, 0.05) is 26.2 Å². The van der Waals surface area contributed by atoms with Gasteiger partial charge in [-0.25, -0.2) is 0 Å². The number of hydrogen-bond acceptors (Lipinski definition) is 5. The number of rotatable bonds is 11. The Hall–Kier alpha value is -2.19. The van der Waals surface area contributed by atoms with Crippen molar-refractivity contribution in [3.63, 3.8) is 0 Å². The normalized spacial score (nSPS) is 34.1. The predicted octanol–water partition coefficient (Wildman–Crippen LogP) is 3.15. The monoisotopic (exact) mass is 529 g/mol. The Morgan fingerprint density at radius 2 is 1.82 bits per heavy atom. The van der Waals surface area contributed by atoms with E-state index in [-0.39, 0.29) is 36.3 Å². The molecule has 212 valence electrons. The van der Waals surface area contributed by atoms with E-state index in [0.717, 1.165) is 38.5 Å². The summed E-state index contributed by atoms with van der Waals surface area (Å²) in [5.41, 5.74) is -1.91. The molecule has 3 saturated heterocycles. The van der Waals surface area contributed by atoms with E-state index in [9.17, 15) is 19.5 Å². The lowest BCUT2D eigenvalue weighted by Crippen LogP contribution is -2.61. The maximum absolute atomic E-state index is 14.7. The van der Waals surface area contributed by atoms with Gasteiger partial charge in [-0.2, -0.15) is 0 Å². The van der Waals surface area contributed by atoms with Crippen molar-refractivity contribution in [3.8, 4) is 0 Å². The van der Waals surface area contributed by atoms with Crippen LogP contribution in [0.3, 0.4) is 0 Å². The number of likely N-dealkylation sites (tertiary alicyclic amines) is 1. The van der Waals surface area contributed by atoms with Crippen molar-refractivity contribution in [1.29, 1.82) is 0 Å². The van der Waals surface area contributed by atoms with Crippen molar-refractivity contribution >= 4 is 17.7 Å². The van der Waals surface area contributed by atoms with Crippen LogP contribution in [-0.2, 0) is 19.1 Å². The van der Waals surface area contributed by atoms with Gasteiger partial charge in [0.15, 0.2) is 0 Å². The molecule has 2 bridgehead atoms. The fourth-order valence-corrected chi connectivity index (χ4v) is 7.82. The maximum Gasteiger partial charge on any atom is 0.248 e. The predicted molar refractivity (Wildman–Crippen MR) is 146 cm³/mol. The molecule has 2 unspecified atom stereocenters. The van der Waals surface area contributed by atoms with Crippen LogP contribution in [0.15, 0.2) is 25.3 Å². The summed E-state index contributed by atoms with van der Waals surface area (Å²) in [4.78, 5) is 48.0. The zero-order chi connectivity index (χ0) is 27.8. The third kappa shape index (κ3) is 4.41. The van der Waals surface area contributed by atoms with E-state index in [2.05, 4.69) is 13.2 Å². The average molecular weight is 530 g/mol. The molecule has 0 radical (unpaired) electrons. The molecule has 0 aromatic rings.